The highest BCUT2D eigenvalue weighted by molar-refractivity contribution is 5.35. The predicted octanol–water partition coefficient (Wildman–Crippen LogP) is 0.567. The third-order valence-electron chi connectivity index (χ3n) is 5.12. The average molecular weight is 338 g/mol. The minimum atomic E-state index is -0.341. The predicted molar refractivity (Wildman–Crippen MR) is 91.3 cm³/mol. The van der Waals surface area contributed by atoms with Gasteiger partial charge >= 0.3 is 0 Å². The number of aliphatic hydroxyl groups excluding tert-OH is 1. The summed E-state index contributed by atoms with van der Waals surface area (Å²) in [6.07, 6.45) is 1.89. The van der Waals surface area contributed by atoms with Gasteiger partial charge in [0, 0.05) is 39.3 Å². The number of rotatable bonds is 6. The van der Waals surface area contributed by atoms with Gasteiger partial charge in [-0.3, -0.25) is 9.80 Å². The second-order valence-electron chi connectivity index (χ2n) is 6.85. The highest BCUT2D eigenvalue weighted by Gasteiger charge is 2.33. The second-order valence-corrected chi connectivity index (χ2v) is 6.85. The Hall–Kier alpha value is -1.15. The SMILES string of the molecule is COc1c([C@H]2CCCN2C[C@H](O)CN2CCOCC2)c(C)nn1C. The van der Waals surface area contributed by atoms with E-state index in [0.717, 1.165) is 63.8 Å². The molecular formula is C17H30N4O3. The molecule has 24 heavy (non-hydrogen) atoms. The summed E-state index contributed by atoms with van der Waals surface area (Å²) in [5.74, 6) is 0.840. The molecular weight excluding hydrogens is 308 g/mol. The Labute approximate surface area is 144 Å². The van der Waals surface area contributed by atoms with Crippen molar-refractivity contribution in [1.82, 2.24) is 19.6 Å². The van der Waals surface area contributed by atoms with Crippen molar-refractivity contribution >= 4 is 0 Å². The normalized spacial score (nSPS) is 24.4. The van der Waals surface area contributed by atoms with E-state index in [2.05, 4.69) is 14.9 Å². The molecule has 0 aliphatic carbocycles. The molecule has 3 rings (SSSR count). The topological polar surface area (TPSA) is 63.0 Å². The van der Waals surface area contributed by atoms with Crippen molar-refractivity contribution in [2.75, 3.05) is 53.0 Å². The van der Waals surface area contributed by atoms with Crippen LogP contribution >= 0.6 is 0 Å². The molecule has 2 saturated heterocycles. The third kappa shape index (κ3) is 3.74. The summed E-state index contributed by atoms with van der Waals surface area (Å²) in [5.41, 5.74) is 2.20. The van der Waals surface area contributed by atoms with Gasteiger partial charge in [-0.2, -0.15) is 5.10 Å². The van der Waals surface area contributed by atoms with Crippen LogP contribution in [0.5, 0.6) is 5.88 Å². The third-order valence-corrected chi connectivity index (χ3v) is 5.12. The fourth-order valence-electron chi connectivity index (χ4n) is 4.06. The number of aryl methyl sites for hydroxylation is 2. The van der Waals surface area contributed by atoms with Crippen LogP contribution in [0.15, 0.2) is 0 Å². The van der Waals surface area contributed by atoms with Crippen molar-refractivity contribution in [3.8, 4) is 5.88 Å². The monoisotopic (exact) mass is 338 g/mol. The maximum absolute atomic E-state index is 10.6. The molecule has 2 aliphatic heterocycles. The number of aliphatic hydroxyl groups is 1. The molecule has 1 N–H and O–H groups in total. The summed E-state index contributed by atoms with van der Waals surface area (Å²) >= 11 is 0. The minimum Gasteiger partial charge on any atom is -0.481 e. The van der Waals surface area contributed by atoms with Crippen LogP contribution in [0.2, 0.25) is 0 Å². The first-order valence-corrected chi connectivity index (χ1v) is 8.90. The lowest BCUT2D eigenvalue weighted by molar-refractivity contribution is 0.00576. The molecule has 1 aromatic rings. The van der Waals surface area contributed by atoms with E-state index in [-0.39, 0.29) is 12.1 Å². The largest absolute Gasteiger partial charge is 0.481 e. The molecule has 7 nitrogen and oxygen atoms in total. The fourth-order valence-corrected chi connectivity index (χ4v) is 4.06. The summed E-state index contributed by atoms with van der Waals surface area (Å²) in [4.78, 5) is 4.67. The number of morpholine rings is 1. The van der Waals surface area contributed by atoms with E-state index in [1.165, 1.54) is 5.56 Å². The molecule has 2 fully saturated rings. The first-order valence-electron chi connectivity index (χ1n) is 8.90. The molecule has 1 aromatic heterocycles. The van der Waals surface area contributed by atoms with Crippen LogP contribution < -0.4 is 4.74 Å². The number of nitrogens with zero attached hydrogens (tertiary/aromatic N) is 4. The first-order chi connectivity index (χ1) is 11.6. The minimum absolute atomic E-state index is 0.285. The molecule has 0 unspecified atom stereocenters. The van der Waals surface area contributed by atoms with Gasteiger partial charge in [-0.1, -0.05) is 0 Å². The zero-order chi connectivity index (χ0) is 17.1. The Morgan fingerprint density at radius 1 is 1.29 bits per heavy atom. The lowest BCUT2D eigenvalue weighted by atomic mass is 10.0. The molecule has 0 saturated carbocycles. The quantitative estimate of drug-likeness (QED) is 0.818. The van der Waals surface area contributed by atoms with E-state index < -0.39 is 0 Å². The zero-order valence-corrected chi connectivity index (χ0v) is 15.1. The Balaban J connectivity index is 1.65. The van der Waals surface area contributed by atoms with Gasteiger partial charge in [0.2, 0.25) is 5.88 Å². The van der Waals surface area contributed by atoms with Crippen molar-refractivity contribution in [2.24, 2.45) is 7.05 Å². The van der Waals surface area contributed by atoms with Crippen LogP contribution in [0, 0.1) is 6.92 Å². The van der Waals surface area contributed by atoms with Crippen LogP contribution in [-0.2, 0) is 11.8 Å². The lowest BCUT2D eigenvalue weighted by Gasteiger charge is -2.32. The Bertz CT molecular complexity index is 542. The lowest BCUT2D eigenvalue weighted by Crippen LogP contribution is -2.44. The fraction of sp³-hybridized carbons (Fsp3) is 0.824. The van der Waals surface area contributed by atoms with Gasteiger partial charge in [0.25, 0.3) is 0 Å². The number of β-amino-alcohol motifs (C(OH)–C–C–N with tert-alkyl or cyclic N) is 1. The molecule has 0 bridgehead atoms. The molecule has 0 aromatic carbocycles. The van der Waals surface area contributed by atoms with Crippen LogP contribution in [0.3, 0.4) is 0 Å². The summed E-state index contributed by atoms with van der Waals surface area (Å²) in [6, 6.07) is 0.285. The first kappa shape index (κ1) is 17.7. The highest BCUT2D eigenvalue weighted by atomic mass is 16.5. The van der Waals surface area contributed by atoms with E-state index in [9.17, 15) is 5.11 Å². The van der Waals surface area contributed by atoms with Gasteiger partial charge in [0.1, 0.15) is 0 Å². The number of aromatic nitrogens is 2. The summed E-state index contributed by atoms with van der Waals surface area (Å²) < 4.78 is 12.8. The molecule has 0 amide bonds. The van der Waals surface area contributed by atoms with Gasteiger partial charge < -0.3 is 14.6 Å². The number of hydrogen-bond donors (Lipinski definition) is 1. The molecule has 3 heterocycles. The van der Waals surface area contributed by atoms with Crippen LogP contribution in [-0.4, -0.2) is 83.8 Å². The van der Waals surface area contributed by atoms with E-state index in [4.69, 9.17) is 9.47 Å². The van der Waals surface area contributed by atoms with Gasteiger partial charge in [-0.15, -0.1) is 0 Å². The van der Waals surface area contributed by atoms with Gasteiger partial charge in [-0.05, 0) is 26.3 Å². The van der Waals surface area contributed by atoms with Gasteiger partial charge in [0.05, 0.1) is 37.7 Å². The van der Waals surface area contributed by atoms with Crippen LogP contribution in [0.4, 0.5) is 0 Å². The van der Waals surface area contributed by atoms with Crippen molar-refractivity contribution in [3.05, 3.63) is 11.3 Å². The van der Waals surface area contributed by atoms with E-state index in [1.54, 1.807) is 7.11 Å². The average Bonchev–Trinajstić information content (AvgIpc) is 3.11. The Kier molecular flexibility index (Phi) is 5.76. The van der Waals surface area contributed by atoms with Gasteiger partial charge in [0.15, 0.2) is 0 Å². The maximum Gasteiger partial charge on any atom is 0.216 e. The van der Waals surface area contributed by atoms with Crippen molar-refractivity contribution in [2.45, 2.75) is 31.9 Å². The Morgan fingerprint density at radius 2 is 2.04 bits per heavy atom. The van der Waals surface area contributed by atoms with Crippen LogP contribution in [0.1, 0.15) is 30.1 Å². The number of likely N-dealkylation sites (tertiary alicyclic amines) is 1. The number of hydrogen-bond acceptors (Lipinski definition) is 6. The second kappa shape index (κ2) is 7.82. The molecule has 2 aliphatic rings. The standard InChI is InChI=1S/C17H30N4O3/c1-13-16(17(23-3)19(2)18-13)15-5-4-6-21(15)12-14(22)11-20-7-9-24-10-8-20/h14-15,22H,4-12H2,1-3H3/t14-,15-/m1/s1. The van der Waals surface area contributed by atoms with E-state index >= 15 is 0 Å². The smallest absolute Gasteiger partial charge is 0.216 e. The summed E-state index contributed by atoms with van der Waals surface area (Å²) in [7, 11) is 3.62. The molecule has 7 heteroatoms. The van der Waals surface area contributed by atoms with Crippen LogP contribution in [0.25, 0.3) is 0 Å². The molecule has 2 atom stereocenters. The highest BCUT2D eigenvalue weighted by Crippen LogP contribution is 2.38. The van der Waals surface area contributed by atoms with Crippen molar-refractivity contribution < 1.29 is 14.6 Å². The van der Waals surface area contributed by atoms with E-state index in [0.29, 0.717) is 6.54 Å². The summed E-state index contributed by atoms with van der Waals surface area (Å²) in [5, 5.41) is 15.1. The van der Waals surface area contributed by atoms with Crippen molar-refractivity contribution in [1.29, 1.82) is 0 Å². The summed E-state index contributed by atoms with van der Waals surface area (Å²) in [6.45, 7) is 7.83. The molecule has 0 radical (unpaired) electrons. The van der Waals surface area contributed by atoms with E-state index in [1.807, 2.05) is 18.7 Å². The number of ether oxygens (including phenoxy) is 2. The molecule has 136 valence electrons. The van der Waals surface area contributed by atoms with Crippen molar-refractivity contribution in [3.63, 3.8) is 0 Å². The zero-order valence-electron chi connectivity index (χ0n) is 15.1. The van der Waals surface area contributed by atoms with Gasteiger partial charge in [-0.25, -0.2) is 4.68 Å². The molecule has 0 spiro atoms. The number of methoxy groups -OCH3 is 1. The maximum atomic E-state index is 10.6. The Morgan fingerprint density at radius 3 is 2.75 bits per heavy atom.